The minimum atomic E-state index is 0.0266. The molecule has 0 saturated carbocycles. The summed E-state index contributed by atoms with van der Waals surface area (Å²) < 4.78 is 3.79. The summed E-state index contributed by atoms with van der Waals surface area (Å²) in [5, 5.41) is 5.15. The van der Waals surface area contributed by atoms with Gasteiger partial charge in [0, 0.05) is 16.9 Å². The van der Waals surface area contributed by atoms with Gasteiger partial charge in [0.15, 0.2) is 8.29 Å². The predicted molar refractivity (Wildman–Crippen MR) is 114 cm³/mol. The van der Waals surface area contributed by atoms with Gasteiger partial charge >= 0.3 is 0 Å². The number of aromatic nitrogens is 2. The molecule has 0 fully saturated rings. The van der Waals surface area contributed by atoms with Crippen LogP contribution >= 0.6 is 69.9 Å². The molecule has 0 spiro atoms. The molecule has 4 nitrogen and oxygen atoms in total. The van der Waals surface area contributed by atoms with E-state index in [2.05, 4.69) is 5.10 Å². The van der Waals surface area contributed by atoms with Gasteiger partial charge in [-0.2, -0.15) is 0 Å². The number of nitrogens with zero attached hydrogens (tertiary/aromatic N) is 3. The summed E-state index contributed by atoms with van der Waals surface area (Å²) in [5.41, 5.74) is 0.848. The summed E-state index contributed by atoms with van der Waals surface area (Å²) in [6.45, 7) is 0.547. The Kier molecular flexibility index (Phi) is 6.76. The molecule has 26 heavy (non-hydrogen) atoms. The third-order valence-corrected chi connectivity index (χ3v) is 7.19. The zero-order valence-electron chi connectivity index (χ0n) is 13.5. The van der Waals surface area contributed by atoms with Gasteiger partial charge in [0.05, 0.1) is 22.3 Å². The van der Waals surface area contributed by atoms with Gasteiger partial charge in [-0.15, -0.1) is 16.4 Å². The average molecular weight is 462 g/mol. The molecule has 0 N–H and O–H groups in total. The first-order chi connectivity index (χ1) is 12.4. The Balaban J connectivity index is 1.61. The number of hydrogen-bond donors (Lipinski definition) is 0. The standard InChI is InChI=1S/C16H13Cl2N3OS4/c1-20(8-12-6-7-13(18)25-12)14(22)9-24-15-19-21(16(23)26-15)11-4-2-10(17)3-5-11/h2-7H,8-9H2,1H3. The van der Waals surface area contributed by atoms with Gasteiger partial charge in [0.2, 0.25) is 5.91 Å². The summed E-state index contributed by atoms with van der Waals surface area (Å²) >= 11 is 21.5. The minimum absolute atomic E-state index is 0.0266. The lowest BCUT2D eigenvalue weighted by molar-refractivity contribution is -0.127. The predicted octanol–water partition coefficient (Wildman–Crippen LogP) is 5.78. The van der Waals surface area contributed by atoms with E-state index in [0.29, 0.717) is 21.3 Å². The molecule has 136 valence electrons. The number of rotatable bonds is 6. The van der Waals surface area contributed by atoms with Gasteiger partial charge in [-0.25, -0.2) is 4.68 Å². The lowest BCUT2D eigenvalue weighted by Gasteiger charge is -2.15. The zero-order valence-corrected chi connectivity index (χ0v) is 18.3. The number of benzene rings is 1. The van der Waals surface area contributed by atoms with Crippen LogP contribution in [0.2, 0.25) is 9.36 Å². The van der Waals surface area contributed by atoms with Crippen molar-refractivity contribution >= 4 is 75.8 Å². The summed E-state index contributed by atoms with van der Waals surface area (Å²) in [4.78, 5) is 15.1. The zero-order chi connectivity index (χ0) is 18.7. The summed E-state index contributed by atoms with van der Waals surface area (Å²) in [7, 11) is 1.78. The number of halogens is 2. The van der Waals surface area contributed by atoms with Crippen molar-refractivity contribution in [3.63, 3.8) is 0 Å². The summed E-state index contributed by atoms with van der Waals surface area (Å²) in [5.74, 6) is 0.331. The second-order valence-electron chi connectivity index (χ2n) is 5.27. The average Bonchev–Trinajstić information content (AvgIpc) is 3.19. The molecule has 10 heteroatoms. The van der Waals surface area contributed by atoms with Crippen molar-refractivity contribution in [2.45, 2.75) is 10.9 Å². The van der Waals surface area contributed by atoms with Crippen molar-refractivity contribution in [3.8, 4) is 5.69 Å². The maximum atomic E-state index is 12.3. The van der Waals surface area contributed by atoms with Crippen molar-refractivity contribution in [2.75, 3.05) is 12.8 Å². The first-order valence-electron chi connectivity index (χ1n) is 7.39. The van der Waals surface area contributed by atoms with E-state index in [1.54, 1.807) is 28.8 Å². The second kappa shape index (κ2) is 8.86. The molecule has 0 aliphatic heterocycles. The smallest absolute Gasteiger partial charge is 0.233 e. The maximum absolute atomic E-state index is 12.3. The lowest BCUT2D eigenvalue weighted by Crippen LogP contribution is -2.27. The van der Waals surface area contributed by atoms with E-state index in [-0.39, 0.29) is 5.91 Å². The van der Waals surface area contributed by atoms with E-state index < -0.39 is 0 Å². The Hall–Kier alpha value is -0.900. The topological polar surface area (TPSA) is 38.1 Å². The molecule has 2 aromatic heterocycles. The van der Waals surface area contributed by atoms with Crippen LogP contribution in [0.3, 0.4) is 0 Å². The van der Waals surface area contributed by atoms with Gasteiger partial charge in [-0.1, -0.05) is 46.3 Å². The van der Waals surface area contributed by atoms with Gasteiger partial charge in [0.25, 0.3) is 0 Å². The number of carbonyl (C=O) groups is 1. The maximum Gasteiger partial charge on any atom is 0.233 e. The minimum Gasteiger partial charge on any atom is -0.340 e. The highest BCUT2D eigenvalue weighted by Gasteiger charge is 2.13. The summed E-state index contributed by atoms with van der Waals surface area (Å²) in [6.07, 6.45) is 0. The van der Waals surface area contributed by atoms with Crippen LogP contribution in [0.4, 0.5) is 0 Å². The number of thioether (sulfide) groups is 1. The number of thiophene rings is 1. The molecule has 0 unspecified atom stereocenters. The van der Waals surface area contributed by atoms with E-state index in [0.717, 1.165) is 19.2 Å². The van der Waals surface area contributed by atoms with Crippen molar-refractivity contribution < 1.29 is 4.79 Å². The highest BCUT2D eigenvalue weighted by Crippen LogP contribution is 2.26. The Morgan fingerprint density at radius 1 is 1.23 bits per heavy atom. The highest BCUT2D eigenvalue weighted by atomic mass is 35.5. The van der Waals surface area contributed by atoms with Crippen LogP contribution in [-0.2, 0) is 11.3 Å². The van der Waals surface area contributed by atoms with Crippen molar-refractivity contribution in [2.24, 2.45) is 0 Å². The highest BCUT2D eigenvalue weighted by molar-refractivity contribution is 8.01. The van der Waals surface area contributed by atoms with E-state index in [1.165, 1.54) is 34.4 Å². The third-order valence-electron chi connectivity index (χ3n) is 3.37. The Bertz CT molecular complexity index is 965. The molecule has 1 amide bonds. The molecule has 0 aliphatic rings. The SMILES string of the molecule is CN(Cc1ccc(Cl)s1)C(=O)CSc1nn(-c2ccc(Cl)cc2)c(=S)s1. The van der Waals surface area contributed by atoms with Crippen LogP contribution in [0.25, 0.3) is 5.69 Å². The van der Waals surface area contributed by atoms with Gasteiger partial charge < -0.3 is 4.90 Å². The van der Waals surface area contributed by atoms with E-state index in [9.17, 15) is 4.79 Å². The number of hydrogen-bond acceptors (Lipinski definition) is 6. The Morgan fingerprint density at radius 3 is 2.62 bits per heavy atom. The van der Waals surface area contributed by atoms with Crippen LogP contribution in [0, 0.1) is 3.95 Å². The first-order valence-corrected chi connectivity index (χ1v) is 11.2. The fourth-order valence-electron chi connectivity index (χ4n) is 2.06. The molecule has 0 aliphatic carbocycles. The van der Waals surface area contributed by atoms with Crippen LogP contribution in [0.15, 0.2) is 40.7 Å². The van der Waals surface area contributed by atoms with Gasteiger partial charge in [-0.3, -0.25) is 4.79 Å². The van der Waals surface area contributed by atoms with E-state index >= 15 is 0 Å². The number of carbonyl (C=O) groups excluding carboxylic acids is 1. The van der Waals surface area contributed by atoms with Gasteiger partial charge in [-0.05, 0) is 48.6 Å². The third kappa shape index (κ3) is 5.09. The molecule has 1 aromatic carbocycles. The summed E-state index contributed by atoms with van der Waals surface area (Å²) in [6, 6.07) is 11.1. The molecule has 0 radical (unpaired) electrons. The molecule has 3 rings (SSSR count). The second-order valence-corrected chi connectivity index (χ2v) is 10.3. The van der Waals surface area contributed by atoms with Crippen molar-refractivity contribution in [1.29, 1.82) is 0 Å². The van der Waals surface area contributed by atoms with Gasteiger partial charge in [0.1, 0.15) is 0 Å². The molecule has 3 aromatic rings. The van der Waals surface area contributed by atoms with Crippen molar-refractivity contribution in [3.05, 3.63) is 54.6 Å². The molecular formula is C16H13Cl2N3OS4. The molecule has 2 heterocycles. The number of amides is 1. The van der Waals surface area contributed by atoms with E-state index in [4.69, 9.17) is 35.4 Å². The van der Waals surface area contributed by atoms with Crippen LogP contribution < -0.4 is 0 Å². The molecule has 0 bridgehead atoms. The quantitative estimate of drug-likeness (QED) is 0.344. The Morgan fingerprint density at radius 2 is 1.96 bits per heavy atom. The molecule has 0 atom stereocenters. The monoisotopic (exact) mass is 461 g/mol. The van der Waals surface area contributed by atoms with Crippen LogP contribution in [-0.4, -0.2) is 33.4 Å². The van der Waals surface area contributed by atoms with E-state index in [1.807, 2.05) is 24.3 Å². The Labute approximate surface area is 178 Å². The lowest BCUT2D eigenvalue weighted by atomic mass is 10.3. The largest absolute Gasteiger partial charge is 0.340 e. The van der Waals surface area contributed by atoms with Crippen LogP contribution in [0.5, 0.6) is 0 Å². The molecular weight excluding hydrogens is 449 g/mol. The van der Waals surface area contributed by atoms with Crippen LogP contribution in [0.1, 0.15) is 4.88 Å². The normalized spacial score (nSPS) is 10.9. The molecule has 0 saturated heterocycles. The van der Waals surface area contributed by atoms with Crippen molar-refractivity contribution in [1.82, 2.24) is 14.7 Å². The fourth-order valence-corrected chi connectivity index (χ4v) is 5.63. The first kappa shape index (κ1) is 19.9. The fraction of sp³-hybridized carbons (Fsp3) is 0.188.